The summed E-state index contributed by atoms with van der Waals surface area (Å²) in [5.74, 6) is 0.764. The monoisotopic (exact) mass is 186 g/mol. The largest absolute Gasteiger partial charge is 0.136 e. The summed E-state index contributed by atoms with van der Waals surface area (Å²) < 4.78 is 0. The van der Waals surface area contributed by atoms with Gasteiger partial charge in [-0.1, -0.05) is 6.42 Å². The summed E-state index contributed by atoms with van der Waals surface area (Å²) in [7, 11) is 2.64. The lowest BCUT2D eigenvalue weighted by atomic mass is 10.2. The zero-order chi connectivity index (χ0) is 7.11. The molecule has 3 heteroatoms. The van der Waals surface area contributed by atoms with Crippen molar-refractivity contribution in [2.75, 3.05) is 12.0 Å². The van der Waals surface area contributed by atoms with Gasteiger partial charge >= 0.3 is 0 Å². The van der Waals surface area contributed by atoms with Crippen LogP contribution < -0.4 is 0 Å². The first-order valence-electron chi connectivity index (χ1n) is 3.21. The van der Waals surface area contributed by atoms with E-state index in [0.29, 0.717) is 5.38 Å². The summed E-state index contributed by atoms with van der Waals surface area (Å²) >= 11 is 11.3. The summed E-state index contributed by atoms with van der Waals surface area (Å²) in [6.45, 7) is 0. The van der Waals surface area contributed by atoms with Crippen LogP contribution in [0.3, 0.4) is 0 Å². The van der Waals surface area contributed by atoms with Gasteiger partial charge in [0.05, 0.1) is 0 Å². The van der Waals surface area contributed by atoms with Crippen LogP contribution in [0.5, 0.6) is 0 Å². The first-order chi connectivity index (χ1) is 4.31. The normalized spacial score (nSPS) is 13.7. The van der Waals surface area contributed by atoms with Gasteiger partial charge in [0.1, 0.15) is 0 Å². The SMILES string of the molecule is PCC(Cl)CCCCCl. The van der Waals surface area contributed by atoms with E-state index in [1.54, 1.807) is 0 Å². The van der Waals surface area contributed by atoms with Gasteiger partial charge in [-0.05, 0) is 19.0 Å². The van der Waals surface area contributed by atoms with Gasteiger partial charge in [-0.2, -0.15) is 0 Å². The summed E-state index contributed by atoms with van der Waals surface area (Å²) in [5.41, 5.74) is 0. The number of rotatable bonds is 5. The predicted octanol–water partition coefficient (Wildman–Crippen LogP) is 2.88. The molecule has 0 aliphatic rings. The highest BCUT2D eigenvalue weighted by Crippen LogP contribution is 2.10. The fraction of sp³-hybridized carbons (Fsp3) is 1.00. The van der Waals surface area contributed by atoms with Crippen molar-refractivity contribution in [3.8, 4) is 0 Å². The molecule has 0 amide bonds. The van der Waals surface area contributed by atoms with Gasteiger partial charge < -0.3 is 0 Å². The van der Waals surface area contributed by atoms with Gasteiger partial charge in [-0.25, -0.2) is 0 Å². The molecule has 0 rings (SSSR count). The Morgan fingerprint density at radius 3 is 2.44 bits per heavy atom. The third-order valence-electron chi connectivity index (χ3n) is 1.16. The Bertz CT molecular complexity index is 59.0. The molecule has 0 heterocycles. The molecule has 0 aromatic rings. The maximum absolute atomic E-state index is 5.84. The summed E-state index contributed by atoms with van der Waals surface area (Å²) in [6.07, 6.45) is 4.34. The topological polar surface area (TPSA) is 0 Å². The molecule has 0 aliphatic heterocycles. The van der Waals surface area contributed by atoms with Gasteiger partial charge in [0.15, 0.2) is 0 Å². The Hall–Kier alpha value is 1.01. The number of alkyl halides is 2. The van der Waals surface area contributed by atoms with Crippen LogP contribution in [0, 0.1) is 0 Å². The van der Waals surface area contributed by atoms with Gasteiger partial charge in [0.2, 0.25) is 0 Å². The molecule has 0 radical (unpaired) electrons. The van der Waals surface area contributed by atoms with Crippen LogP contribution in [0.25, 0.3) is 0 Å². The molecule has 0 aromatic heterocycles. The average molecular weight is 187 g/mol. The molecule has 0 saturated carbocycles. The smallest absolute Gasteiger partial charge is 0.0370 e. The van der Waals surface area contributed by atoms with E-state index in [2.05, 4.69) is 9.24 Å². The Kier molecular flexibility index (Phi) is 7.92. The van der Waals surface area contributed by atoms with E-state index in [1.807, 2.05) is 0 Å². The lowest BCUT2D eigenvalue weighted by molar-refractivity contribution is 0.715. The van der Waals surface area contributed by atoms with Gasteiger partial charge in [-0.15, -0.1) is 32.4 Å². The molecule has 2 unspecified atom stereocenters. The van der Waals surface area contributed by atoms with Crippen molar-refractivity contribution in [2.45, 2.75) is 24.6 Å². The van der Waals surface area contributed by atoms with Crippen LogP contribution >= 0.6 is 32.4 Å². The third kappa shape index (κ3) is 6.90. The number of unbranched alkanes of at least 4 members (excludes halogenated alkanes) is 1. The van der Waals surface area contributed by atoms with Crippen molar-refractivity contribution < 1.29 is 0 Å². The molecule has 0 N–H and O–H groups in total. The summed E-state index contributed by atoms with van der Waals surface area (Å²) in [4.78, 5) is 0. The second-order valence-corrected chi connectivity index (χ2v) is 3.48. The molecule has 56 valence electrons. The van der Waals surface area contributed by atoms with Crippen LogP contribution in [-0.2, 0) is 0 Å². The molecule has 0 spiro atoms. The Morgan fingerprint density at radius 2 is 2.00 bits per heavy atom. The highest BCUT2D eigenvalue weighted by atomic mass is 35.5. The second-order valence-electron chi connectivity index (χ2n) is 2.02. The lowest BCUT2D eigenvalue weighted by Crippen LogP contribution is -1.98. The van der Waals surface area contributed by atoms with E-state index in [9.17, 15) is 0 Å². The number of hydrogen-bond donors (Lipinski definition) is 0. The molecule has 0 aromatic carbocycles. The van der Waals surface area contributed by atoms with Gasteiger partial charge in [0.25, 0.3) is 0 Å². The van der Waals surface area contributed by atoms with E-state index < -0.39 is 0 Å². The summed E-state index contributed by atoms with van der Waals surface area (Å²) in [6, 6.07) is 0. The van der Waals surface area contributed by atoms with E-state index >= 15 is 0 Å². The van der Waals surface area contributed by atoms with E-state index in [0.717, 1.165) is 31.3 Å². The number of hydrogen-bond acceptors (Lipinski definition) is 0. The minimum absolute atomic E-state index is 0.332. The lowest BCUT2D eigenvalue weighted by Gasteiger charge is -2.02. The quantitative estimate of drug-likeness (QED) is 0.352. The second kappa shape index (κ2) is 7.12. The molecule has 0 nitrogen and oxygen atoms in total. The third-order valence-corrected chi connectivity index (χ3v) is 2.69. The van der Waals surface area contributed by atoms with Crippen LogP contribution in [0.4, 0.5) is 0 Å². The molecule has 0 saturated heterocycles. The van der Waals surface area contributed by atoms with E-state index in [-0.39, 0.29) is 0 Å². The maximum atomic E-state index is 5.84. The minimum atomic E-state index is 0.332. The van der Waals surface area contributed by atoms with Crippen LogP contribution in [0.1, 0.15) is 19.3 Å². The first kappa shape index (κ1) is 10.0. The van der Waals surface area contributed by atoms with E-state index in [1.165, 1.54) is 0 Å². The van der Waals surface area contributed by atoms with Gasteiger partial charge in [0, 0.05) is 11.3 Å². The fourth-order valence-electron chi connectivity index (χ4n) is 0.578. The maximum Gasteiger partial charge on any atom is 0.0370 e. The van der Waals surface area contributed by atoms with Crippen molar-refractivity contribution in [2.24, 2.45) is 0 Å². The Morgan fingerprint density at radius 1 is 1.33 bits per heavy atom. The first-order valence-corrected chi connectivity index (χ1v) is 5.00. The predicted molar refractivity (Wildman–Crippen MR) is 48.8 cm³/mol. The van der Waals surface area contributed by atoms with Gasteiger partial charge in [-0.3, -0.25) is 0 Å². The highest BCUT2D eigenvalue weighted by molar-refractivity contribution is 7.16. The standard InChI is InChI=1S/C6H13Cl2P/c7-4-2-1-3-6(8)5-9/h6H,1-5,9H2. The zero-order valence-electron chi connectivity index (χ0n) is 5.45. The molecule has 9 heavy (non-hydrogen) atoms. The van der Waals surface area contributed by atoms with E-state index in [4.69, 9.17) is 23.2 Å². The van der Waals surface area contributed by atoms with Crippen molar-refractivity contribution >= 4 is 32.4 Å². The molecule has 0 bridgehead atoms. The number of halogens is 2. The van der Waals surface area contributed by atoms with Crippen molar-refractivity contribution in [3.63, 3.8) is 0 Å². The van der Waals surface area contributed by atoms with Crippen LogP contribution in [0.15, 0.2) is 0 Å². The van der Waals surface area contributed by atoms with Crippen molar-refractivity contribution in [1.29, 1.82) is 0 Å². The molecular weight excluding hydrogens is 174 g/mol. The average Bonchev–Trinajstić information content (AvgIpc) is 1.89. The highest BCUT2D eigenvalue weighted by Gasteiger charge is 1.98. The molecule has 2 atom stereocenters. The van der Waals surface area contributed by atoms with Crippen molar-refractivity contribution in [3.05, 3.63) is 0 Å². The Labute approximate surface area is 69.5 Å². The Balaban J connectivity index is 2.88. The molecule has 0 fully saturated rings. The van der Waals surface area contributed by atoms with Crippen LogP contribution in [0.2, 0.25) is 0 Å². The zero-order valence-corrected chi connectivity index (χ0v) is 8.11. The minimum Gasteiger partial charge on any atom is -0.136 e. The van der Waals surface area contributed by atoms with Crippen LogP contribution in [-0.4, -0.2) is 17.4 Å². The summed E-state index contributed by atoms with van der Waals surface area (Å²) in [5, 5.41) is 0.332. The van der Waals surface area contributed by atoms with Crippen molar-refractivity contribution in [1.82, 2.24) is 0 Å². The molecule has 0 aliphatic carbocycles. The molecular formula is C6H13Cl2P. The fourth-order valence-corrected chi connectivity index (χ4v) is 1.16.